The van der Waals surface area contributed by atoms with Gasteiger partial charge in [-0.2, -0.15) is 0 Å². The fraction of sp³-hybridized carbons (Fsp3) is 0.292. The number of nitrogens with zero attached hydrogens (tertiary/aromatic N) is 3. The number of rotatable bonds is 7. The highest BCUT2D eigenvalue weighted by Gasteiger charge is 2.23. The number of carbonyl (C=O) groups excluding carboxylic acids is 2. The number of benzene rings is 2. The van der Waals surface area contributed by atoms with Crippen molar-refractivity contribution in [2.45, 2.75) is 13.3 Å². The van der Waals surface area contributed by atoms with E-state index in [-0.39, 0.29) is 18.4 Å². The molecule has 0 aliphatic carbocycles. The third-order valence-corrected chi connectivity index (χ3v) is 6.16. The van der Waals surface area contributed by atoms with E-state index in [1.165, 1.54) is 11.3 Å². The van der Waals surface area contributed by atoms with E-state index in [0.717, 1.165) is 10.7 Å². The summed E-state index contributed by atoms with van der Waals surface area (Å²) in [4.78, 5) is 33.5. The Morgan fingerprint density at radius 3 is 2.47 bits per heavy atom. The largest absolute Gasteiger partial charge is 0.455 e. The van der Waals surface area contributed by atoms with Crippen LogP contribution in [0.1, 0.15) is 10.7 Å². The highest BCUT2D eigenvalue weighted by atomic mass is 32.1. The first kappa shape index (κ1) is 22.0. The Labute approximate surface area is 191 Å². The Hall–Kier alpha value is -3.23. The van der Waals surface area contributed by atoms with Crippen molar-refractivity contribution in [1.82, 2.24) is 14.8 Å². The molecule has 7 nitrogen and oxygen atoms in total. The van der Waals surface area contributed by atoms with Crippen LogP contribution in [-0.2, 0) is 16.0 Å². The van der Waals surface area contributed by atoms with Crippen LogP contribution in [0.15, 0.2) is 60.0 Å². The third kappa shape index (κ3) is 5.93. The van der Waals surface area contributed by atoms with Crippen molar-refractivity contribution in [2.24, 2.45) is 0 Å². The summed E-state index contributed by atoms with van der Waals surface area (Å²) in [6.45, 7) is 4.76. The summed E-state index contributed by atoms with van der Waals surface area (Å²) in [5.74, 6) is 1.30. The van der Waals surface area contributed by atoms with E-state index in [4.69, 9.17) is 4.74 Å². The highest BCUT2D eigenvalue weighted by Crippen LogP contribution is 2.29. The van der Waals surface area contributed by atoms with Gasteiger partial charge in [-0.3, -0.25) is 14.5 Å². The molecule has 8 heteroatoms. The van der Waals surface area contributed by atoms with Gasteiger partial charge in [0.25, 0.3) is 0 Å². The molecule has 0 spiro atoms. The zero-order valence-corrected chi connectivity index (χ0v) is 18.8. The summed E-state index contributed by atoms with van der Waals surface area (Å²) in [6.07, 6.45) is 0.344. The SMILES string of the molecule is Cc1csc(CC(=O)N2CCN(CC(=O)Nc3ccccc3Oc3ccccc3)CC2)n1. The zero-order valence-electron chi connectivity index (χ0n) is 18.0. The van der Waals surface area contributed by atoms with Gasteiger partial charge in [0.15, 0.2) is 5.75 Å². The van der Waals surface area contributed by atoms with Crippen LogP contribution >= 0.6 is 11.3 Å². The van der Waals surface area contributed by atoms with E-state index in [1.807, 2.05) is 71.8 Å². The van der Waals surface area contributed by atoms with Gasteiger partial charge in [0.2, 0.25) is 11.8 Å². The van der Waals surface area contributed by atoms with Crippen LogP contribution in [0, 0.1) is 6.92 Å². The summed E-state index contributed by atoms with van der Waals surface area (Å²) in [5, 5.41) is 5.77. The number of aromatic nitrogens is 1. The number of ether oxygens (including phenoxy) is 1. The maximum atomic E-state index is 12.6. The predicted octanol–water partition coefficient (Wildman–Crippen LogP) is 3.57. The molecule has 2 heterocycles. The second-order valence-corrected chi connectivity index (χ2v) is 8.62. The molecule has 4 rings (SSSR count). The number of carbonyl (C=O) groups is 2. The molecule has 1 fully saturated rings. The van der Waals surface area contributed by atoms with Crippen LogP contribution in [-0.4, -0.2) is 59.3 Å². The van der Waals surface area contributed by atoms with Gasteiger partial charge in [-0.1, -0.05) is 30.3 Å². The van der Waals surface area contributed by atoms with Crippen LogP contribution in [0.25, 0.3) is 0 Å². The molecule has 166 valence electrons. The van der Waals surface area contributed by atoms with E-state index < -0.39 is 0 Å². The summed E-state index contributed by atoms with van der Waals surface area (Å²) < 4.78 is 5.91. The van der Waals surface area contributed by atoms with Crippen LogP contribution in [0.2, 0.25) is 0 Å². The van der Waals surface area contributed by atoms with E-state index in [2.05, 4.69) is 15.2 Å². The summed E-state index contributed by atoms with van der Waals surface area (Å²) in [6, 6.07) is 16.9. The van der Waals surface area contributed by atoms with Crippen LogP contribution in [0.3, 0.4) is 0 Å². The van der Waals surface area contributed by atoms with E-state index >= 15 is 0 Å². The summed E-state index contributed by atoms with van der Waals surface area (Å²) >= 11 is 1.52. The molecule has 0 radical (unpaired) electrons. The monoisotopic (exact) mass is 450 g/mol. The van der Waals surface area contributed by atoms with Crippen molar-refractivity contribution < 1.29 is 14.3 Å². The molecule has 0 bridgehead atoms. The van der Waals surface area contributed by atoms with Crippen LogP contribution in [0.5, 0.6) is 11.5 Å². The Morgan fingerprint density at radius 2 is 1.75 bits per heavy atom. The van der Waals surface area contributed by atoms with Crippen molar-refractivity contribution in [3.8, 4) is 11.5 Å². The number of aryl methyl sites for hydroxylation is 1. The molecule has 1 aromatic heterocycles. The minimum Gasteiger partial charge on any atom is -0.455 e. The zero-order chi connectivity index (χ0) is 22.3. The minimum absolute atomic E-state index is 0.0930. The van der Waals surface area contributed by atoms with Crippen LogP contribution in [0.4, 0.5) is 5.69 Å². The average molecular weight is 451 g/mol. The Morgan fingerprint density at radius 1 is 1.03 bits per heavy atom. The van der Waals surface area contributed by atoms with Gasteiger partial charge in [-0.15, -0.1) is 11.3 Å². The lowest BCUT2D eigenvalue weighted by atomic mass is 10.2. The molecular formula is C24H26N4O3S. The first-order valence-electron chi connectivity index (χ1n) is 10.6. The standard InChI is InChI=1S/C24H26N4O3S/c1-18-17-32-23(25-18)15-24(30)28-13-11-27(12-14-28)16-22(29)26-20-9-5-6-10-21(20)31-19-7-3-2-4-8-19/h2-10,17H,11-16H2,1H3,(H,26,29). The van der Waals surface area contributed by atoms with Gasteiger partial charge in [-0.25, -0.2) is 4.98 Å². The molecular weight excluding hydrogens is 424 g/mol. The quantitative estimate of drug-likeness (QED) is 0.596. The highest BCUT2D eigenvalue weighted by molar-refractivity contribution is 7.09. The average Bonchev–Trinajstić information content (AvgIpc) is 3.20. The summed E-state index contributed by atoms with van der Waals surface area (Å²) in [5.41, 5.74) is 1.58. The maximum absolute atomic E-state index is 12.6. The molecule has 0 saturated carbocycles. The first-order valence-corrected chi connectivity index (χ1v) is 11.5. The van der Waals surface area contributed by atoms with Crippen molar-refractivity contribution in [3.63, 3.8) is 0 Å². The van der Waals surface area contributed by atoms with E-state index in [0.29, 0.717) is 49.8 Å². The summed E-state index contributed by atoms with van der Waals surface area (Å²) in [7, 11) is 0. The number of hydrogen-bond acceptors (Lipinski definition) is 6. The molecule has 2 amide bonds. The van der Waals surface area contributed by atoms with Gasteiger partial charge in [0, 0.05) is 37.3 Å². The lowest BCUT2D eigenvalue weighted by Gasteiger charge is -2.34. The lowest BCUT2D eigenvalue weighted by molar-refractivity contribution is -0.132. The second kappa shape index (κ2) is 10.4. The van der Waals surface area contributed by atoms with Gasteiger partial charge in [0.1, 0.15) is 10.8 Å². The van der Waals surface area contributed by atoms with Crippen molar-refractivity contribution in [2.75, 3.05) is 38.0 Å². The number of hydrogen-bond donors (Lipinski definition) is 1. The Balaban J connectivity index is 1.26. The maximum Gasteiger partial charge on any atom is 0.238 e. The first-order chi connectivity index (χ1) is 15.6. The molecule has 1 aliphatic rings. The van der Waals surface area contributed by atoms with Gasteiger partial charge < -0.3 is 15.0 Å². The van der Waals surface area contributed by atoms with Crippen molar-refractivity contribution in [1.29, 1.82) is 0 Å². The number of amides is 2. The molecule has 32 heavy (non-hydrogen) atoms. The van der Waals surface area contributed by atoms with E-state index in [1.54, 1.807) is 0 Å². The molecule has 0 unspecified atom stereocenters. The fourth-order valence-corrected chi connectivity index (χ4v) is 4.31. The van der Waals surface area contributed by atoms with E-state index in [9.17, 15) is 9.59 Å². The molecule has 0 atom stereocenters. The molecule has 2 aromatic carbocycles. The minimum atomic E-state index is -0.104. The van der Waals surface area contributed by atoms with Crippen molar-refractivity contribution in [3.05, 3.63) is 70.7 Å². The normalized spacial score (nSPS) is 14.2. The number of anilines is 1. The number of nitrogens with one attached hydrogen (secondary N) is 1. The smallest absolute Gasteiger partial charge is 0.238 e. The van der Waals surface area contributed by atoms with Crippen molar-refractivity contribution >= 4 is 28.8 Å². The van der Waals surface area contributed by atoms with Crippen LogP contribution < -0.4 is 10.1 Å². The van der Waals surface area contributed by atoms with Gasteiger partial charge in [0.05, 0.1) is 18.7 Å². The number of piperazine rings is 1. The Bertz CT molecular complexity index is 1060. The topological polar surface area (TPSA) is 74.8 Å². The predicted molar refractivity (Wildman–Crippen MR) is 125 cm³/mol. The van der Waals surface area contributed by atoms with Gasteiger partial charge in [-0.05, 0) is 31.2 Å². The second-order valence-electron chi connectivity index (χ2n) is 7.68. The van der Waals surface area contributed by atoms with Gasteiger partial charge >= 0.3 is 0 Å². The third-order valence-electron chi connectivity index (χ3n) is 5.19. The molecule has 1 saturated heterocycles. The fourth-order valence-electron chi connectivity index (χ4n) is 3.55. The molecule has 3 aromatic rings. The molecule has 1 aliphatic heterocycles. The Kier molecular flexibility index (Phi) is 7.14. The number of para-hydroxylation sites is 3. The lowest BCUT2D eigenvalue weighted by Crippen LogP contribution is -2.50. The molecule has 1 N–H and O–H groups in total. The number of thiazole rings is 1.